The van der Waals surface area contributed by atoms with Crippen LogP contribution in [0.25, 0.3) is 0 Å². The normalized spacial score (nSPS) is 8.57. The highest BCUT2D eigenvalue weighted by Crippen LogP contribution is 1.81. The first-order chi connectivity index (χ1) is 3.39. The highest BCUT2D eigenvalue weighted by molar-refractivity contribution is 7.07. The lowest BCUT2D eigenvalue weighted by molar-refractivity contribution is 1.78. The maximum absolute atomic E-state index is 10.3. The fourth-order valence-corrected chi connectivity index (χ4v) is 0.786. The van der Waals surface area contributed by atoms with Crippen LogP contribution in [0.4, 0.5) is 0 Å². The van der Waals surface area contributed by atoms with E-state index in [-0.39, 0.29) is 4.74 Å². The first kappa shape index (κ1) is 4.53. The van der Waals surface area contributed by atoms with Gasteiger partial charge in [0.25, 0.3) is 0 Å². The summed E-state index contributed by atoms with van der Waals surface area (Å²) in [6.07, 6.45) is 0. The van der Waals surface area contributed by atoms with Crippen LogP contribution in [0.1, 0.15) is 0 Å². The van der Waals surface area contributed by atoms with Crippen molar-refractivity contribution in [2.45, 2.75) is 0 Å². The van der Waals surface area contributed by atoms with Crippen molar-refractivity contribution in [3.8, 4) is 0 Å². The highest BCUT2D eigenvalue weighted by atomic mass is 32.1. The summed E-state index contributed by atoms with van der Waals surface area (Å²) in [4.78, 5) is 10.3. The largest absolute Gasteiger partial charge is 0.278 e. The van der Waals surface area contributed by atoms with Crippen LogP contribution in [0.5, 0.6) is 0 Å². The van der Waals surface area contributed by atoms with Crippen LogP contribution in [-0.2, 0) is 0 Å². The molecule has 0 unspecified atom stereocenters. The average molecular weight is 112 g/mol. The third kappa shape index (κ3) is 1.12. The SMILES string of the molecule is O=c1ccccs1. The lowest BCUT2D eigenvalue weighted by Crippen LogP contribution is -1.84. The van der Waals surface area contributed by atoms with Gasteiger partial charge >= 0.3 is 0 Å². The topological polar surface area (TPSA) is 17.1 Å². The predicted molar refractivity (Wildman–Crippen MR) is 30.6 cm³/mol. The molecule has 0 N–H and O–H groups in total. The fourth-order valence-electron chi connectivity index (χ4n) is 0.325. The van der Waals surface area contributed by atoms with Crippen LogP contribution in [0, 0.1) is 0 Å². The molecule has 0 bridgehead atoms. The van der Waals surface area contributed by atoms with Gasteiger partial charge in [-0.3, -0.25) is 4.79 Å². The molecule has 0 saturated heterocycles. The van der Waals surface area contributed by atoms with Crippen molar-refractivity contribution in [3.05, 3.63) is 33.1 Å². The van der Waals surface area contributed by atoms with E-state index in [1.165, 1.54) is 11.3 Å². The second-order valence-corrected chi connectivity index (χ2v) is 2.03. The van der Waals surface area contributed by atoms with Crippen LogP contribution in [-0.4, -0.2) is 0 Å². The van der Waals surface area contributed by atoms with Crippen LogP contribution in [0.3, 0.4) is 0 Å². The standard InChI is InChI=1S/C5H4OS/c6-5-3-1-2-4-7-5/h1-4H. The summed E-state index contributed by atoms with van der Waals surface area (Å²) < 4.78 is 0.113. The van der Waals surface area contributed by atoms with Gasteiger partial charge in [0.2, 0.25) is 4.74 Å². The Morgan fingerprint density at radius 2 is 2.29 bits per heavy atom. The van der Waals surface area contributed by atoms with Gasteiger partial charge < -0.3 is 0 Å². The molecule has 0 spiro atoms. The lowest BCUT2D eigenvalue weighted by atomic mass is 10.6. The van der Waals surface area contributed by atoms with E-state index in [4.69, 9.17) is 0 Å². The molecule has 0 fully saturated rings. The highest BCUT2D eigenvalue weighted by Gasteiger charge is 1.71. The first-order valence-electron chi connectivity index (χ1n) is 1.93. The molecule has 1 aromatic rings. The lowest BCUT2D eigenvalue weighted by Gasteiger charge is -1.69. The van der Waals surface area contributed by atoms with Gasteiger partial charge in [-0.2, -0.15) is 0 Å². The van der Waals surface area contributed by atoms with Gasteiger partial charge in [-0.05, 0) is 11.4 Å². The van der Waals surface area contributed by atoms with E-state index in [9.17, 15) is 4.79 Å². The molecular formula is C5H4OS. The molecule has 0 aromatic carbocycles. The second-order valence-electron chi connectivity index (χ2n) is 1.12. The Labute approximate surface area is 45.2 Å². The fraction of sp³-hybridized carbons (Fsp3) is 0. The summed E-state index contributed by atoms with van der Waals surface area (Å²) in [5.74, 6) is 0. The van der Waals surface area contributed by atoms with Crippen LogP contribution in [0.2, 0.25) is 0 Å². The van der Waals surface area contributed by atoms with Crippen LogP contribution in [0.15, 0.2) is 28.4 Å². The molecule has 0 radical (unpaired) electrons. The molecule has 0 aliphatic carbocycles. The van der Waals surface area contributed by atoms with E-state index in [0.29, 0.717) is 0 Å². The molecule has 1 rings (SSSR count). The zero-order valence-corrected chi connectivity index (χ0v) is 4.44. The maximum Gasteiger partial charge on any atom is 0.232 e. The van der Waals surface area contributed by atoms with Gasteiger partial charge in [0.1, 0.15) is 0 Å². The molecule has 0 saturated carbocycles. The van der Waals surface area contributed by atoms with Crippen molar-refractivity contribution >= 4 is 11.3 Å². The molecule has 1 aromatic heterocycles. The molecule has 7 heavy (non-hydrogen) atoms. The molecule has 0 aliphatic rings. The zero-order chi connectivity index (χ0) is 5.11. The monoisotopic (exact) mass is 112 g/mol. The third-order valence-electron chi connectivity index (χ3n) is 0.606. The van der Waals surface area contributed by atoms with Gasteiger partial charge in [0.05, 0.1) is 0 Å². The van der Waals surface area contributed by atoms with Gasteiger partial charge in [-0.25, -0.2) is 0 Å². The van der Waals surface area contributed by atoms with Crippen molar-refractivity contribution in [3.63, 3.8) is 0 Å². The van der Waals surface area contributed by atoms with E-state index in [1.54, 1.807) is 17.5 Å². The summed E-state index contributed by atoms with van der Waals surface area (Å²) in [6, 6.07) is 5.12. The minimum absolute atomic E-state index is 0.113. The van der Waals surface area contributed by atoms with Crippen LogP contribution < -0.4 is 4.74 Å². The number of hydrogen-bond donors (Lipinski definition) is 0. The second kappa shape index (κ2) is 1.89. The van der Waals surface area contributed by atoms with Crippen molar-refractivity contribution in [2.75, 3.05) is 0 Å². The van der Waals surface area contributed by atoms with Crippen molar-refractivity contribution in [1.82, 2.24) is 0 Å². The van der Waals surface area contributed by atoms with Gasteiger partial charge in [0, 0.05) is 0 Å². The number of hydrogen-bond acceptors (Lipinski definition) is 2. The molecule has 0 amide bonds. The molecule has 1 nitrogen and oxygen atoms in total. The Balaban J connectivity index is 3.28. The summed E-state index contributed by atoms with van der Waals surface area (Å²) in [5, 5.41) is 1.77. The Morgan fingerprint density at radius 3 is 2.57 bits per heavy atom. The Hall–Kier alpha value is -0.630. The quantitative estimate of drug-likeness (QED) is 0.491. The van der Waals surface area contributed by atoms with Crippen molar-refractivity contribution in [1.29, 1.82) is 0 Å². The summed E-state index contributed by atoms with van der Waals surface area (Å²) in [7, 11) is 0. The predicted octanol–water partition coefficient (Wildman–Crippen LogP) is 1.11. The molecular weight excluding hydrogens is 108 g/mol. The smallest absolute Gasteiger partial charge is 0.232 e. The summed E-state index contributed by atoms with van der Waals surface area (Å²) in [6.45, 7) is 0. The van der Waals surface area contributed by atoms with Crippen molar-refractivity contribution in [2.24, 2.45) is 0 Å². The summed E-state index contributed by atoms with van der Waals surface area (Å²) >= 11 is 1.21. The summed E-state index contributed by atoms with van der Waals surface area (Å²) in [5.41, 5.74) is 0. The van der Waals surface area contributed by atoms with Crippen LogP contribution >= 0.6 is 11.3 Å². The third-order valence-corrected chi connectivity index (χ3v) is 1.27. The van der Waals surface area contributed by atoms with E-state index >= 15 is 0 Å². The Kier molecular flexibility index (Phi) is 1.22. The minimum Gasteiger partial charge on any atom is -0.278 e. The van der Waals surface area contributed by atoms with Gasteiger partial charge in [-0.15, -0.1) is 11.3 Å². The average Bonchev–Trinajstić information content (AvgIpc) is 1.69. The number of rotatable bonds is 0. The van der Waals surface area contributed by atoms with E-state index in [2.05, 4.69) is 0 Å². The van der Waals surface area contributed by atoms with Gasteiger partial charge in [-0.1, -0.05) is 12.1 Å². The van der Waals surface area contributed by atoms with E-state index in [0.717, 1.165) is 0 Å². The van der Waals surface area contributed by atoms with E-state index in [1.807, 2.05) is 6.07 Å². The molecule has 0 atom stereocenters. The minimum atomic E-state index is 0.113. The molecule has 1 heterocycles. The maximum atomic E-state index is 10.3. The Morgan fingerprint density at radius 1 is 1.43 bits per heavy atom. The molecule has 2 heteroatoms. The zero-order valence-electron chi connectivity index (χ0n) is 3.63. The van der Waals surface area contributed by atoms with E-state index < -0.39 is 0 Å². The first-order valence-corrected chi connectivity index (χ1v) is 2.81. The Bertz CT molecular complexity index is 174. The molecule has 36 valence electrons. The van der Waals surface area contributed by atoms with Crippen molar-refractivity contribution < 1.29 is 0 Å². The molecule has 0 aliphatic heterocycles. The van der Waals surface area contributed by atoms with Gasteiger partial charge in [0.15, 0.2) is 0 Å².